The van der Waals surface area contributed by atoms with Crippen molar-refractivity contribution in [2.24, 2.45) is 0 Å². The lowest BCUT2D eigenvalue weighted by Gasteiger charge is -2.28. The second-order valence-electron chi connectivity index (χ2n) is 9.26. The summed E-state index contributed by atoms with van der Waals surface area (Å²) in [6.07, 6.45) is 2.42. The normalized spacial score (nSPS) is 20.9. The van der Waals surface area contributed by atoms with Gasteiger partial charge >= 0.3 is 0 Å². The van der Waals surface area contributed by atoms with E-state index in [-0.39, 0.29) is 24.0 Å². The average Bonchev–Trinajstić information content (AvgIpc) is 3.50. The fourth-order valence-corrected chi connectivity index (χ4v) is 4.88. The number of ketones is 1. The van der Waals surface area contributed by atoms with E-state index in [0.717, 1.165) is 24.8 Å². The summed E-state index contributed by atoms with van der Waals surface area (Å²) in [6.45, 7) is 7.72. The third-order valence-corrected chi connectivity index (χ3v) is 6.68. The molecule has 8 nitrogen and oxygen atoms in total. The second kappa shape index (κ2) is 11.7. The lowest BCUT2D eigenvalue weighted by atomic mass is 9.94. The Hall–Kier alpha value is -3.52. The molecule has 1 N–H and O–H groups in total. The first kappa shape index (κ1) is 26.5. The van der Waals surface area contributed by atoms with E-state index in [1.165, 1.54) is 12.0 Å². The summed E-state index contributed by atoms with van der Waals surface area (Å²) in [5.74, 6) is 0.145. The van der Waals surface area contributed by atoms with Crippen molar-refractivity contribution in [1.82, 2.24) is 4.90 Å². The van der Waals surface area contributed by atoms with Crippen LogP contribution in [-0.2, 0) is 14.3 Å². The van der Waals surface area contributed by atoms with Crippen LogP contribution in [0.2, 0.25) is 0 Å². The van der Waals surface area contributed by atoms with E-state index in [4.69, 9.17) is 18.9 Å². The van der Waals surface area contributed by atoms with Gasteiger partial charge in [0, 0.05) is 18.7 Å². The number of ether oxygens (including phenoxy) is 4. The highest BCUT2D eigenvalue weighted by Crippen LogP contribution is 2.42. The van der Waals surface area contributed by atoms with Crippen LogP contribution in [0.25, 0.3) is 5.76 Å². The van der Waals surface area contributed by atoms with Crippen molar-refractivity contribution in [3.63, 3.8) is 0 Å². The number of likely N-dealkylation sites (tertiary alicyclic amines) is 1. The Bertz CT molecular complexity index is 1180. The number of nitrogens with zero attached hydrogens (tertiary/aromatic N) is 1. The number of aliphatic hydroxyl groups excluding tert-OH is 1. The predicted octanol–water partition coefficient (Wildman–Crippen LogP) is 4.79. The molecule has 2 fully saturated rings. The molecule has 2 aliphatic rings. The van der Waals surface area contributed by atoms with E-state index in [2.05, 4.69) is 0 Å². The Balaban J connectivity index is 1.81. The lowest BCUT2D eigenvalue weighted by molar-refractivity contribution is -0.140. The number of hydrogen-bond donors (Lipinski definition) is 1. The Kier molecular flexibility index (Phi) is 8.38. The van der Waals surface area contributed by atoms with Gasteiger partial charge in [0.2, 0.25) is 0 Å². The van der Waals surface area contributed by atoms with Gasteiger partial charge in [-0.3, -0.25) is 9.59 Å². The summed E-state index contributed by atoms with van der Waals surface area (Å²) in [5.41, 5.74) is 1.94. The van der Waals surface area contributed by atoms with Crippen molar-refractivity contribution in [3.05, 3.63) is 58.7 Å². The number of hydrogen-bond acceptors (Lipinski definition) is 7. The van der Waals surface area contributed by atoms with Crippen LogP contribution in [0, 0.1) is 6.92 Å². The number of amides is 1. The van der Waals surface area contributed by atoms with Gasteiger partial charge in [0.15, 0.2) is 11.5 Å². The van der Waals surface area contributed by atoms with Crippen molar-refractivity contribution >= 4 is 17.4 Å². The Morgan fingerprint density at radius 2 is 1.86 bits per heavy atom. The number of rotatable bonds is 10. The zero-order valence-corrected chi connectivity index (χ0v) is 21.9. The maximum atomic E-state index is 13.4. The summed E-state index contributed by atoms with van der Waals surface area (Å²) in [5, 5.41) is 11.4. The molecule has 2 heterocycles. The Morgan fingerprint density at radius 1 is 1.08 bits per heavy atom. The number of aryl methyl sites for hydroxylation is 1. The van der Waals surface area contributed by atoms with E-state index in [1.54, 1.807) is 36.4 Å². The van der Waals surface area contributed by atoms with Crippen LogP contribution in [0.5, 0.6) is 17.2 Å². The fraction of sp³-hybridized carbons (Fsp3) is 0.448. The van der Waals surface area contributed by atoms with Gasteiger partial charge in [-0.15, -0.1) is 0 Å². The SMILES string of the molecule is CCCOc1ccc(/C(O)=C2/C(=O)C(=O)N(CC3CCCO3)C2c2ccc(OCC)c(OC)c2)cc1C. The molecule has 0 aromatic heterocycles. The maximum absolute atomic E-state index is 13.4. The number of benzene rings is 2. The molecule has 2 aromatic rings. The quantitative estimate of drug-likeness (QED) is 0.280. The molecule has 4 rings (SSSR count). The molecule has 0 spiro atoms. The van der Waals surface area contributed by atoms with Crippen LogP contribution < -0.4 is 14.2 Å². The molecule has 2 saturated heterocycles. The predicted molar refractivity (Wildman–Crippen MR) is 139 cm³/mol. The molecule has 2 aliphatic heterocycles. The van der Waals surface area contributed by atoms with Gasteiger partial charge in [0.25, 0.3) is 11.7 Å². The van der Waals surface area contributed by atoms with Crippen LogP contribution in [0.1, 0.15) is 55.8 Å². The summed E-state index contributed by atoms with van der Waals surface area (Å²) in [6, 6.07) is 9.76. The molecule has 1 amide bonds. The smallest absolute Gasteiger partial charge is 0.295 e. The monoisotopic (exact) mass is 509 g/mol. The highest BCUT2D eigenvalue weighted by molar-refractivity contribution is 6.46. The summed E-state index contributed by atoms with van der Waals surface area (Å²) >= 11 is 0. The largest absolute Gasteiger partial charge is 0.507 e. The van der Waals surface area contributed by atoms with Gasteiger partial charge in [-0.25, -0.2) is 0 Å². The average molecular weight is 510 g/mol. The molecule has 198 valence electrons. The van der Waals surface area contributed by atoms with E-state index in [9.17, 15) is 14.7 Å². The minimum atomic E-state index is -0.801. The van der Waals surface area contributed by atoms with E-state index in [0.29, 0.717) is 48.2 Å². The number of carbonyl (C=O) groups excluding carboxylic acids is 2. The molecule has 2 atom stereocenters. The number of carbonyl (C=O) groups is 2. The molecule has 0 radical (unpaired) electrons. The van der Waals surface area contributed by atoms with Crippen molar-refractivity contribution < 1.29 is 33.6 Å². The molecule has 2 unspecified atom stereocenters. The maximum Gasteiger partial charge on any atom is 0.295 e. The lowest BCUT2D eigenvalue weighted by Crippen LogP contribution is -2.36. The van der Waals surface area contributed by atoms with E-state index in [1.807, 2.05) is 20.8 Å². The first-order valence-corrected chi connectivity index (χ1v) is 12.8. The fourth-order valence-electron chi connectivity index (χ4n) is 4.88. The molecule has 37 heavy (non-hydrogen) atoms. The van der Waals surface area contributed by atoms with Gasteiger partial charge in [-0.1, -0.05) is 13.0 Å². The van der Waals surface area contributed by atoms with Gasteiger partial charge in [-0.2, -0.15) is 0 Å². The van der Waals surface area contributed by atoms with Crippen LogP contribution in [0.3, 0.4) is 0 Å². The van der Waals surface area contributed by atoms with Gasteiger partial charge in [0.1, 0.15) is 11.5 Å². The zero-order valence-electron chi connectivity index (χ0n) is 21.9. The van der Waals surface area contributed by atoms with Crippen LogP contribution in [0.15, 0.2) is 42.0 Å². The third kappa shape index (κ3) is 5.44. The first-order valence-electron chi connectivity index (χ1n) is 12.8. The summed E-state index contributed by atoms with van der Waals surface area (Å²) in [4.78, 5) is 28.2. The van der Waals surface area contributed by atoms with Crippen molar-refractivity contribution in [3.8, 4) is 17.2 Å². The van der Waals surface area contributed by atoms with Crippen molar-refractivity contribution in [2.45, 2.75) is 52.2 Å². The van der Waals surface area contributed by atoms with E-state index < -0.39 is 17.7 Å². The molecule has 0 saturated carbocycles. The van der Waals surface area contributed by atoms with Gasteiger partial charge < -0.3 is 29.0 Å². The number of aliphatic hydroxyl groups is 1. The minimum Gasteiger partial charge on any atom is -0.507 e. The molecular formula is C29H35NO7. The van der Waals surface area contributed by atoms with Crippen LogP contribution in [-0.4, -0.2) is 61.3 Å². The molecule has 8 heteroatoms. The number of Topliss-reactive ketones (excluding diaryl/α,β-unsaturated/α-hetero) is 1. The van der Waals surface area contributed by atoms with Gasteiger partial charge in [-0.05, 0) is 74.6 Å². The van der Waals surface area contributed by atoms with Crippen molar-refractivity contribution in [2.75, 3.05) is 33.5 Å². The van der Waals surface area contributed by atoms with E-state index >= 15 is 0 Å². The van der Waals surface area contributed by atoms with Crippen LogP contribution >= 0.6 is 0 Å². The Labute approximate surface area is 217 Å². The standard InChI is InChI=1S/C29H35NO7/c1-5-13-37-22-11-10-20(15-18(22)3)27(31)25-26(19-9-12-23(35-6-2)24(16-19)34-4)30(29(33)28(25)32)17-21-8-7-14-36-21/h9-12,15-16,21,26,31H,5-8,13-14,17H2,1-4H3/b27-25-. The zero-order chi connectivity index (χ0) is 26.5. The van der Waals surface area contributed by atoms with Gasteiger partial charge in [0.05, 0.1) is 38.0 Å². The Morgan fingerprint density at radius 3 is 2.51 bits per heavy atom. The summed E-state index contributed by atoms with van der Waals surface area (Å²) < 4.78 is 22.7. The number of methoxy groups -OCH3 is 1. The molecule has 2 aromatic carbocycles. The summed E-state index contributed by atoms with van der Waals surface area (Å²) in [7, 11) is 1.54. The minimum absolute atomic E-state index is 0.0378. The third-order valence-electron chi connectivity index (χ3n) is 6.68. The topological polar surface area (TPSA) is 94.5 Å². The first-order chi connectivity index (χ1) is 17.9. The highest BCUT2D eigenvalue weighted by Gasteiger charge is 2.47. The molecule has 0 aliphatic carbocycles. The second-order valence-corrected chi connectivity index (χ2v) is 9.26. The molecule has 0 bridgehead atoms. The highest BCUT2D eigenvalue weighted by atomic mass is 16.5. The molecular weight excluding hydrogens is 474 g/mol. The van der Waals surface area contributed by atoms with Crippen molar-refractivity contribution in [1.29, 1.82) is 0 Å². The van der Waals surface area contributed by atoms with Crippen LogP contribution in [0.4, 0.5) is 0 Å².